The topological polar surface area (TPSA) is 48.0 Å². The molecule has 5 nitrogen and oxygen atoms in total. The van der Waals surface area contributed by atoms with Crippen LogP contribution in [0.15, 0.2) is 42.5 Å². The minimum atomic E-state index is -0.105. The van der Waals surface area contributed by atoms with Gasteiger partial charge in [0.2, 0.25) is 5.91 Å². The summed E-state index contributed by atoms with van der Waals surface area (Å²) < 4.78 is 15.9. The summed E-state index contributed by atoms with van der Waals surface area (Å²) in [6, 6.07) is 11.4. The molecular weight excluding hydrogens is 330 g/mol. The molecule has 2 aromatic rings. The lowest BCUT2D eigenvalue weighted by Gasteiger charge is -2.18. The largest absolute Gasteiger partial charge is 0.497 e. The highest BCUT2D eigenvalue weighted by Gasteiger charge is 2.11. The lowest BCUT2D eigenvalue weighted by atomic mass is 10.1. The molecule has 5 heteroatoms. The Morgan fingerprint density at radius 2 is 1.73 bits per heavy atom. The molecule has 0 spiro atoms. The lowest BCUT2D eigenvalue weighted by Crippen LogP contribution is -2.24. The van der Waals surface area contributed by atoms with Crippen LogP contribution in [0.4, 0.5) is 0 Å². The summed E-state index contributed by atoms with van der Waals surface area (Å²) in [6.07, 6.45) is 3.27. The van der Waals surface area contributed by atoms with Gasteiger partial charge in [-0.3, -0.25) is 4.79 Å². The van der Waals surface area contributed by atoms with E-state index in [1.165, 1.54) is 6.08 Å². The number of likely N-dealkylation sites (N-methyl/N-ethyl adjacent to an activating group) is 1. The monoisotopic (exact) mass is 355 g/mol. The van der Waals surface area contributed by atoms with E-state index in [-0.39, 0.29) is 5.91 Å². The molecule has 0 saturated carbocycles. The molecular formula is C21H25NO4. The standard InChI is InChI=1S/C21H25NO4/c1-15-6-10-19(25-4)17(12-15)14-22(2)21(23)11-8-16-7-9-18(24-3)13-20(16)26-5/h6-13H,14H2,1-5H3/b11-8+. The van der Waals surface area contributed by atoms with E-state index in [1.807, 2.05) is 37.3 Å². The Morgan fingerprint density at radius 1 is 1.00 bits per heavy atom. The number of methoxy groups -OCH3 is 3. The third-order valence-electron chi connectivity index (χ3n) is 4.07. The second kappa shape index (κ2) is 8.94. The van der Waals surface area contributed by atoms with Crippen molar-refractivity contribution in [3.05, 3.63) is 59.2 Å². The first-order chi connectivity index (χ1) is 12.5. The van der Waals surface area contributed by atoms with E-state index in [0.29, 0.717) is 18.0 Å². The number of nitrogens with zero attached hydrogens (tertiary/aromatic N) is 1. The zero-order valence-electron chi connectivity index (χ0n) is 15.9. The number of aryl methyl sites for hydroxylation is 1. The molecule has 2 rings (SSSR count). The van der Waals surface area contributed by atoms with Gasteiger partial charge < -0.3 is 19.1 Å². The molecule has 1 amide bonds. The van der Waals surface area contributed by atoms with E-state index in [1.54, 1.807) is 45.4 Å². The fourth-order valence-electron chi connectivity index (χ4n) is 2.61. The van der Waals surface area contributed by atoms with Crippen molar-refractivity contribution in [1.82, 2.24) is 4.90 Å². The van der Waals surface area contributed by atoms with Gasteiger partial charge in [0, 0.05) is 36.9 Å². The highest BCUT2D eigenvalue weighted by atomic mass is 16.5. The molecule has 0 aliphatic rings. The normalized spacial score (nSPS) is 10.7. The number of benzene rings is 2. The maximum Gasteiger partial charge on any atom is 0.246 e. The van der Waals surface area contributed by atoms with Crippen LogP contribution >= 0.6 is 0 Å². The Labute approximate surface area is 154 Å². The van der Waals surface area contributed by atoms with Crippen LogP contribution in [0.1, 0.15) is 16.7 Å². The van der Waals surface area contributed by atoms with Crippen LogP contribution < -0.4 is 14.2 Å². The molecule has 0 saturated heterocycles. The maximum atomic E-state index is 12.5. The number of carbonyl (C=O) groups excluding carboxylic acids is 1. The van der Waals surface area contributed by atoms with Crippen LogP contribution in [0.5, 0.6) is 17.2 Å². The summed E-state index contributed by atoms with van der Waals surface area (Å²) in [7, 11) is 6.58. The molecule has 0 bridgehead atoms. The molecule has 0 aromatic heterocycles. The Bertz CT molecular complexity index is 799. The Morgan fingerprint density at radius 3 is 2.38 bits per heavy atom. The molecule has 2 aromatic carbocycles. The Balaban J connectivity index is 2.12. The van der Waals surface area contributed by atoms with Gasteiger partial charge in [-0.2, -0.15) is 0 Å². The van der Waals surface area contributed by atoms with Gasteiger partial charge in [-0.1, -0.05) is 17.7 Å². The van der Waals surface area contributed by atoms with Crippen molar-refractivity contribution < 1.29 is 19.0 Å². The maximum absolute atomic E-state index is 12.5. The highest BCUT2D eigenvalue weighted by Crippen LogP contribution is 2.26. The average molecular weight is 355 g/mol. The van der Waals surface area contributed by atoms with Gasteiger partial charge in [-0.15, -0.1) is 0 Å². The van der Waals surface area contributed by atoms with Gasteiger partial charge in [0.05, 0.1) is 21.3 Å². The van der Waals surface area contributed by atoms with Crippen LogP contribution in [0, 0.1) is 6.92 Å². The van der Waals surface area contributed by atoms with Crippen molar-refractivity contribution in [3.63, 3.8) is 0 Å². The smallest absolute Gasteiger partial charge is 0.246 e. The SMILES string of the molecule is COc1ccc(/C=C/C(=O)N(C)Cc2cc(C)ccc2OC)c(OC)c1. The minimum absolute atomic E-state index is 0.105. The van der Waals surface area contributed by atoms with E-state index in [0.717, 1.165) is 22.4 Å². The number of rotatable bonds is 7. The van der Waals surface area contributed by atoms with Gasteiger partial charge in [-0.25, -0.2) is 0 Å². The second-order valence-electron chi connectivity index (χ2n) is 5.95. The first-order valence-corrected chi connectivity index (χ1v) is 8.27. The number of amides is 1. The van der Waals surface area contributed by atoms with E-state index >= 15 is 0 Å². The Hall–Kier alpha value is -2.95. The van der Waals surface area contributed by atoms with Crippen molar-refractivity contribution in [1.29, 1.82) is 0 Å². The van der Waals surface area contributed by atoms with Crippen LogP contribution in [-0.4, -0.2) is 39.2 Å². The summed E-state index contributed by atoms with van der Waals surface area (Å²) in [5, 5.41) is 0. The van der Waals surface area contributed by atoms with Crippen molar-refractivity contribution in [2.24, 2.45) is 0 Å². The van der Waals surface area contributed by atoms with Crippen LogP contribution in [0.3, 0.4) is 0 Å². The van der Waals surface area contributed by atoms with E-state index < -0.39 is 0 Å². The van der Waals surface area contributed by atoms with Gasteiger partial charge in [-0.05, 0) is 31.2 Å². The second-order valence-corrected chi connectivity index (χ2v) is 5.95. The fraction of sp³-hybridized carbons (Fsp3) is 0.286. The van der Waals surface area contributed by atoms with Crippen LogP contribution in [-0.2, 0) is 11.3 Å². The quantitative estimate of drug-likeness (QED) is 0.711. The van der Waals surface area contributed by atoms with E-state index in [4.69, 9.17) is 14.2 Å². The molecule has 26 heavy (non-hydrogen) atoms. The zero-order chi connectivity index (χ0) is 19.1. The third-order valence-corrected chi connectivity index (χ3v) is 4.07. The van der Waals surface area contributed by atoms with Gasteiger partial charge in [0.25, 0.3) is 0 Å². The van der Waals surface area contributed by atoms with E-state index in [2.05, 4.69) is 0 Å². The highest BCUT2D eigenvalue weighted by molar-refractivity contribution is 5.92. The summed E-state index contributed by atoms with van der Waals surface area (Å²) >= 11 is 0. The summed E-state index contributed by atoms with van der Waals surface area (Å²) in [4.78, 5) is 14.1. The van der Waals surface area contributed by atoms with Crippen molar-refractivity contribution in [2.75, 3.05) is 28.4 Å². The predicted octanol–water partition coefficient (Wildman–Crippen LogP) is 3.69. The van der Waals surface area contributed by atoms with E-state index in [9.17, 15) is 4.79 Å². The number of ether oxygens (including phenoxy) is 3. The molecule has 0 unspecified atom stereocenters. The lowest BCUT2D eigenvalue weighted by molar-refractivity contribution is -0.125. The third kappa shape index (κ3) is 4.79. The molecule has 138 valence electrons. The summed E-state index contributed by atoms with van der Waals surface area (Å²) in [5.41, 5.74) is 2.90. The van der Waals surface area contributed by atoms with Gasteiger partial charge >= 0.3 is 0 Å². The molecule has 0 radical (unpaired) electrons. The minimum Gasteiger partial charge on any atom is -0.497 e. The zero-order valence-corrected chi connectivity index (χ0v) is 15.9. The molecule has 0 atom stereocenters. The van der Waals surface area contributed by atoms with Crippen LogP contribution in [0.2, 0.25) is 0 Å². The molecule has 0 aliphatic heterocycles. The summed E-state index contributed by atoms with van der Waals surface area (Å²) in [6.45, 7) is 2.48. The molecule has 0 N–H and O–H groups in total. The molecule has 0 fully saturated rings. The number of carbonyl (C=O) groups is 1. The number of hydrogen-bond donors (Lipinski definition) is 0. The predicted molar refractivity (Wildman–Crippen MR) is 103 cm³/mol. The van der Waals surface area contributed by atoms with Crippen molar-refractivity contribution >= 4 is 12.0 Å². The van der Waals surface area contributed by atoms with Crippen molar-refractivity contribution in [2.45, 2.75) is 13.5 Å². The average Bonchev–Trinajstić information content (AvgIpc) is 2.66. The number of hydrogen-bond acceptors (Lipinski definition) is 4. The first kappa shape index (κ1) is 19.4. The van der Waals surface area contributed by atoms with Gasteiger partial charge in [0.1, 0.15) is 17.2 Å². The first-order valence-electron chi connectivity index (χ1n) is 8.27. The Kier molecular flexibility index (Phi) is 6.67. The van der Waals surface area contributed by atoms with Crippen molar-refractivity contribution in [3.8, 4) is 17.2 Å². The van der Waals surface area contributed by atoms with Crippen LogP contribution in [0.25, 0.3) is 6.08 Å². The molecule has 0 heterocycles. The molecule has 0 aliphatic carbocycles. The van der Waals surface area contributed by atoms with Gasteiger partial charge in [0.15, 0.2) is 0 Å². The summed E-state index contributed by atoms with van der Waals surface area (Å²) in [5.74, 6) is 2.02. The fourth-order valence-corrected chi connectivity index (χ4v) is 2.61.